The molecule has 0 spiro atoms. The van der Waals surface area contributed by atoms with Crippen molar-refractivity contribution in [3.63, 3.8) is 0 Å². The molecule has 1 saturated heterocycles. The average Bonchev–Trinajstić information content (AvgIpc) is 3.40. The largest absolute Gasteiger partial charge is 0.479 e. The van der Waals surface area contributed by atoms with Crippen LogP contribution in [0, 0.1) is 0 Å². The van der Waals surface area contributed by atoms with E-state index in [1.54, 1.807) is 0 Å². The Kier molecular flexibility index (Phi) is 8.61. The predicted molar refractivity (Wildman–Crippen MR) is 97.6 cm³/mol. The summed E-state index contributed by atoms with van der Waals surface area (Å²) in [6, 6.07) is 7.86. The van der Waals surface area contributed by atoms with E-state index >= 15 is 0 Å². The molecule has 1 aliphatic heterocycles. The number of benzene rings is 1. The Hall–Kier alpha value is -1.56. The molecule has 152 valence electrons. The molecule has 1 aromatic rings. The second-order valence-corrected chi connectivity index (χ2v) is 7.31. The van der Waals surface area contributed by atoms with Crippen molar-refractivity contribution >= 4 is 5.97 Å². The minimum Gasteiger partial charge on any atom is -0.479 e. The number of unbranched alkanes of at least 4 members (excludes halogenated alkanes) is 8. The van der Waals surface area contributed by atoms with Gasteiger partial charge in [0.1, 0.15) is 6.10 Å². The van der Waals surface area contributed by atoms with Crippen LogP contribution in [-0.2, 0) is 16.0 Å². The predicted octanol–water partition coefficient (Wildman–Crippen LogP) is 6.22. The third-order valence-corrected chi connectivity index (χ3v) is 5.00. The SMILES string of the molecule is O=C(O)C1OC1c1ccccc1CCCCCCCCCCCC(F)(F)F. The number of epoxide rings is 1. The highest BCUT2D eigenvalue weighted by Crippen LogP contribution is 2.40. The molecule has 0 aromatic heterocycles. The van der Waals surface area contributed by atoms with E-state index in [0.29, 0.717) is 6.42 Å². The smallest absolute Gasteiger partial charge is 0.389 e. The molecule has 0 amide bonds. The average molecular weight is 386 g/mol. The standard InChI is InChI=1S/C21H29F3O3/c22-21(23,24)15-11-7-5-3-1-2-4-6-8-12-16-13-9-10-14-17(16)18-19(27-18)20(25)26/h9-10,13-14,18-19H,1-8,11-12,15H2,(H,25,26). The highest BCUT2D eigenvalue weighted by molar-refractivity contribution is 5.76. The molecule has 6 heteroatoms. The van der Waals surface area contributed by atoms with Crippen LogP contribution in [0.5, 0.6) is 0 Å². The van der Waals surface area contributed by atoms with Gasteiger partial charge in [-0.3, -0.25) is 0 Å². The van der Waals surface area contributed by atoms with E-state index in [1.807, 2.05) is 24.3 Å². The number of hydrogen-bond donors (Lipinski definition) is 1. The van der Waals surface area contributed by atoms with Gasteiger partial charge in [0.2, 0.25) is 0 Å². The second-order valence-electron chi connectivity index (χ2n) is 7.31. The third kappa shape index (κ3) is 8.33. The Morgan fingerprint density at radius 1 is 0.926 bits per heavy atom. The summed E-state index contributed by atoms with van der Waals surface area (Å²) in [5, 5.41) is 9.00. The first kappa shape index (κ1) is 21.7. The lowest BCUT2D eigenvalue weighted by Gasteiger charge is -2.07. The first-order valence-corrected chi connectivity index (χ1v) is 9.91. The van der Waals surface area contributed by atoms with Gasteiger partial charge in [-0.05, 0) is 30.4 Å². The minimum atomic E-state index is -4.02. The van der Waals surface area contributed by atoms with E-state index in [0.717, 1.165) is 62.5 Å². The lowest BCUT2D eigenvalue weighted by atomic mass is 9.97. The zero-order chi connectivity index (χ0) is 19.7. The lowest BCUT2D eigenvalue weighted by molar-refractivity contribution is -0.138. The number of aryl methyl sites for hydroxylation is 1. The van der Waals surface area contributed by atoms with E-state index in [1.165, 1.54) is 0 Å². The summed E-state index contributed by atoms with van der Waals surface area (Å²) in [6.07, 6.45) is 3.52. The normalized spacial score (nSPS) is 19.2. The number of halogens is 3. The van der Waals surface area contributed by atoms with Gasteiger partial charge in [0.05, 0.1) is 0 Å². The fraction of sp³-hybridized carbons (Fsp3) is 0.667. The van der Waals surface area contributed by atoms with Crippen LogP contribution in [-0.4, -0.2) is 23.4 Å². The van der Waals surface area contributed by atoms with Crippen molar-refractivity contribution in [1.82, 2.24) is 0 Å². The molecule has 1 aliphatic rings. The quantitative estimate of drug-likeness (QED) is 0.323. The number of carboxylic acid groups (broad SMARTS) is 1. The van der Waals surface area contributed by atoms with Crippen LogP contribution < -0.4 is 0 Å². The maximum Gasteiger partial charge on any atom is 0.389 e. The Morgan fingerprint density at radius 3 is 2.04 bits per heavy atom. The second kappa shape index (κ2) is 10.7. The van der Waals surface area contributed by atoms with E-state index < -0.39 is 24.7 Å². The monoisotopic (exact) mass is 386 g/mol. The zero-order valence-corrected chi connectivity index (χ0v) is 15.6. The molecule has 0 saturated carbocycles. The first-order chi connectivity index (χ1) is 12.9. The fourth-order valence-corrected chi connectivity index (χ4v) is 3.45. The molecule has 2 rings (SSSR count). The van der Waals surface area contributed by atoms with Crippen molar-refractivity contribution in [2.45, 2.75) is 89.0 Å². The Bertz CT molecular complexity index is 586. The summed E-state index contributed by atoms with van der Waals surface area (Å²) in [6.45, 7) is 0. The molecule has 0 radical (unpaired) electrons. The maximum atomic E-state index is 12.0. The van der Waals surface area contributed by atoms with Crippen molar-refractivity contribution in [2.75, 3.05) is 0 Å². The summed E-state index contributed by atoms with van der Waals surface area (Å²) < 4.78 is 41.3. The van der Waals surface area contributed by atoms with Crippen LogP contribution >= 0.6 is 0 Å². The summed E-state index contributed by atoms with van der Waals surface area (Å²) in [5.74, 6) is -0.909. The summed E-state index contributed by atoms with van der Waals surface area (Å²) >= 11 is 0. The van der Waals surface area contributed by atoms with Gasteiger partial charge >= 0.3 is 12.1 Å². The van der Waals surface area contributed by atoms with Crippen LogP contribution in [0.15, 0.2) is 24.3 Å². The number of carboxylic acids is 1. The number of alkyl halides is 3. The molecule has 1 aromatic carbocycles. The topological polar surface area (TPSA) is 49.8 Å². The molecular weight excluding hydrogens is 357 g/mol. The van der Waals surface area contributed by atoms with Crippen molar-refractivity contribution in [1.29, 1.82) is 0 Å². The number of rotatable bonds is 13. The van der Waals surface area contributed by atoms with Crippen molar-refractivity contribution in [2.24, 2.45) is 0 Å². The molecule has 3 nitrogen and oxygen atoms in total. The van der Waals surface area contributed by atoms with Gasteiger partial charge in [0, 0.05) is 6.42 Å². The fourth-order valence-electron chi connectivity index (χ4n) is 3.45. The Morgan fingerprint density at radius 2 is 1.48 bits per heavy atom. The van der Waals surface area contributed by atoms with Crippen molar-refractivity contribution in [3.05, 3.63) is 35.4 Å². The molecule has 2 unspecified atom stereocenters. The molecule has 0 bridgehead atoms. The summed E-state index contributed by atoms with van der Waals surface area (Å²) in [7, 11) is 0. The molecule has 2 atom stereocenters. The lowest BCUT2D eigenvalue weighted by Crippen LogP contribution is -2.06. The van der Waals surface area contributed by atoms with Gasteiger partial charge in [0.25, 0.3) is 0 Å². The van der Waals surface area contributed by atoms with E-state index in [4.69, 9.17) is 9.84 Å². The molecule has 1 heterocycles. The van der Waals surface area contributed by atoms with E-state index in [2.05, 4.69) is 0 Å². The van der Waals surface area contributed by atoms with Crippen LogP contribution in [0.3, 0.4) is 0 Å². The van der Waals surface area contributed by atoms with Crippen LogP contribution in [0.4, 0.5) is 13.2 Å². The van der Waals surface area contributed by atoms with Crippen molar-refractivity contribution < 1.29 is 27.8 Å². The third-order valence-electron chi connectivity index (χ3n) is 5.00. The van der Waals surface area contributed by atoms with Crippen LogP contribution in [0.2, 0.25) is 0 Å². The van der Waals surface area contributed by atoms with Crippen molar-refractivity contribution in [3.8, 4) is 0 Å². The summed E-state index contributed by atoms with van der Waals surface area (Å²) in [5.41, 5.74) is 2.15. The minimum absolute atomic E-state index is 0.246. The van der Waals surface area contributed by atoms with Gasteiger partial charge < -0.3 is 9.84 Å². The molecule has 0 aliphatic carbocycles. The van der Waals surface area contributed by atoms with Gasteiger partial charge in [-0.15, -0.1) is 0 Å². The number of aliphatic carboxylic acids is 1. The molecule has 1 fully saturated rings. The van der Waals surface area contributed by atoms with Gasteiger partial charge in [-0.2, -0.15) is 13.2 Å². The van der Waals surface area contributed by atoms with E-state index in [-0.39, 0.29) is 12.5 Å². The van der Waals surface area contributed by atoms with Gasteiger partial charge in [0.15, 0.2) is 6.10 Å². The van der Waals surface area contributed by atoms with E-state index in [9.17, 15) is 18.0 Å². The number of carbonyl (C=O) groups is 1. The number of ether oxygens (including phenoxy) is 1. The first-order valence-electron chi connectivity index (χ1n) is 9.91. The highest BCUT2D eigenvalue weighted by Gasteiger charge is 2.47. The van der Waals surface area contributed by atoms with Gasteiger partial charge in [-0.1, -0.05) is 69.2 Å². The molecule has 27 heavy (non-hydrogen) atoms. The summed E-state index contributed by atoms with van der Waals surface area (Å²) in [4.78, 5) is 11.0. The molecular formula is C21H29F3O3. The molecule has 1 N–H and O–H groups in total. The van der Waals surface area contributed by atoms with Gasteiger partial charge in [-0.25, -0.2) is 4.79 Å². The number of hydrogen-bond acceptors (Lipinski definition) is 2. The highest BCUT2D eigenvalue weighted by atomic mass is 19.4. The van der Waals surface area contributed by atoms with Crippen LogP contribution in [0.25, 0.3) is 0 Å². The van der Waals surface area contributed by atoms with Crippen LogP contribution in [0.1, 0.15) is 81.4 Å². The Balaban J connectivity index is 1.51. The maximum absolute atomic E-state index is 12.0. The Labute approximate surface area is 158 Å². The zero-order valence-electron chi connectivity index (χ0n) is 15.6.